The molecule has 2 heterocycles. The Morgan fingerprint density at radius 2 is 2.22 bits per heavy atom. The Hall–Kier alpha value is -0.690. The van der Waals surface area contributed by atoms with Gasteiger partial charge in [-0.15, -0.1) is 0 Å². The van der Waals surface area contributed by atoms with Gasteiger partial charge in [-0.1, -0.05) is 18.5 Å². The number of aromatic nitrogens is 1. The van der Waals surface area contributed by atoms with Crippen molar-refractivity contribution in [3.63, 3.8) is 0 Å². The van der Waals surface area contributed by atoms with Gasteiger partial charge in [0.2, 0.25) is 10.0 Å². The topological polar surface area (TPSA) is 70.5 Å². The van der Waals surface area contributed by atoms with Gasteiger partial charge in [-0.25, -0.2) is 13.4 Å². The minimum Gasteiger partial charge on any atom is -0.391 e. The van der Waals surface area contributed by atoms with Gasteiger partial charge in [-0.2, -0.15) is 4.31 Å². The van der Waals surface area contributed by atoms with E-state index in [1.807, 2.05) is 6.92 Å². The Balaban J connectivity index is 2.24. The maximum atomic E-state index is 12.3. The maximum absolute atomic E-state index is 12.3. The monoisotopic (exact) mass is 290 g/mol. The summed E-state index contributed by atoms with van der Waals surface area (Å²) in [5.41, 5.74) is 0. The Morgan fingerprint density at radius 1 is 1.50 bits per heavy atom. The quantitative estimate of drug-likeness (QED) is 0.829. The molecule has 0 aliphatic carbocycles. The van der Waals surface area contributed by atoms with E-state index in [2.05, 4.69) is 4.98 Å². The molecule has 100 valence electrons. The molecular weight excluding hydrogens is 276 g/mol. The van der Waals surface area contributed by atoms with E-state index in [0.717, 1.165) is 0 Å². The van der Waals surface area contributed by atoms with Crippen molar-refractivity contribution in [2.24, 2.45) is 5.92 Å². The maximum Gasteiger partial charge on any atom is 0.244 e. The Labute approximate surface area is 111 Å². The van der Waals surface area contributed by atoms with E-state index in [1.165, 1.54) is 22.6 Å². The summed E-state index contributed by atoms with van der Waals surface area (Å²) in [5.74, 6) is 0.125. The van der Waals surface area contributed by atoms with Crippen molar-refractivity contribution in [1.82, 2.24) is 9.29 Å². The number of aliphatic hydroxyl groups excluding tert-OH is 1. The molecule has 2 unspecified atom stereocenters. The summed E-state index contributed by atoms with van der Waals surface area (Å²) in [5, 5.41) is 10.0. The third kappa shape index (κ3) is 2.66. The molecule has 1 aliphatic rings. The van der Waals surface area contributed by atoms with Crippen molar-refractivity contribution in [2.45, 2.75) is 24.3 Å². The average Bonchev–Trinajstić information content (AvgIpc) is 2.33. The summed E-state index contributed by atoms with van der Waals surface area (Å²) < 4.78 is 25.9. The summed E-state index contributed by atoms with van der Waals surface area (Å²) in [4.78, 5) is 3.88. The van der Waals surface area contributed by atoms with Crippen LogP contribution in [-0.4, -0.2) is 42.0 Å². The van der Waals surface area contributed by atoms with Crippen LogP contribution in [0.15, 0.2) is 23.2 Å². The highest BCUT2D eigenvalue weighted by molar-refractivity contribution is 7.89. The van der Waals surface area contributed by atoms with Crippen LogP contribution < -0.4 is 0 Å². The molecule has 0 amide bonds. The molecule has 1 aromatic rings. The molecule has 1 aliphatic heterocycles. The van der Waals surface area contributed by atoms with Gasteiger partial charge in [0.05, 0.1) is 6.10 Å². The number of rotatable bonds is 2. The molecule has 0 saturated carbocycles. The molecule has 0 radical (unpaired) electrons. The highest BCUT2D eigenvalue weighted by Crippen LogP contribution is 2.23. The van der Waals surface area contributed by atoms with E-state index in [4.69, 9.17) is 11.6 Å². The summed E-state index contributed by atoms with van der Waals surface area (Å²) >= 11 is 5.63. The van der Waals surface area contributed by atoms with Crippen molar-refractivity contribution >= 4 is 21.6 Å². The van der Waals surface area contributed by atoms with Crippen LogP contribution in [0.2, 0.25) is 5.15 Å². The van der Waals surface area contributed by atoms with Crippen LogP contribution in [0.3, 0.4) is 0 Å². The first-order chi connectivity index (χ1) is 8.41. The SMILES string of the molecule is CC1CCN(S(=O)(=O)c2ccc(Cl)nc2)CC1O. The molecule has 0 spiro atoms. The lowest BCUT2D eigenvalue weighted by molar-refractivity contribution is 0.0605. The second-order valence-corrected chi connectivity index (χ2v) is 6.84. The summed E-state index contributed by atoms with van der Waals surface area (Å²) in [6.45, 7) is 2.47. The van der Waals surface area contributed by atoms with Crippen LogP contribution in [0.25, 0.3) is 0 Å². The lowest BCUT2D eigenvalue weighted by Crippen LogP contribution is -2.45. The number of aliphatic hydroxyl groups is 1. The fourth-order valence-corrected chi connectivity index (χ4v) is 3.43. The van der Waals surface area contributed by atoms with E-state index in [9.17, 15) is 13.5 Å². The third-order valence-electron chi connectivity index (χ3n) is 3.22. The summed E-state index contributed by atoms with van der Waals surface area (Å²) in [7, 11) is -3.58. The van der Waals surface area contributed by atoms with Gasteiger partial charge < -0.3 is 5.11 Å². The van der Waals surface area contributed by atoms with Crippen LogP contribution in [0.4, 0.5) is 0 Å². The smallest absolute Gasteiger partial charge is 0.244 e. The lowest BCUT2D eigenvalue weighted by Gasteiger charge is -2.33. The number of halogens is 1. The summed E-state index contributed by atoms with van der Waals surface area (Å²) in [6, 6.07) is 2.87. The van der Waals surface area contributed by atoms with Crippen molar-refractivity contribution < 1.29 is 13.5 Å². The van der Waals surface area contributed by atoms with Crippen molar-refractivity contribution in [3.8, 4) is 0 Å². The minimum absolute atomic E-state index is 0.105. The number of nitrogens with zero attached hydrogens (tertiary/aromatic N) is 2. The molecule has 2 rings (SSSR count). The van der Waals surface area contributed by atoms with Gasteiger partial charge in [0, 0.05) is 19.3 Å². The Bertz CT molecular complexity index is 518. The van der Waals surface area contributed by atoms with Crippen LogP contribution in [0.1, 0.15) is 13.3 Å². The zero-order valence-electron chi connectivity index (χ0n) is 9.95. The van der Waals surface area contributed by atoms with Gasteiger partial charge in [-0.3, -0.25) is 0 Å². The van der Waals surface area contributed by atoms with E-state index in [-0.39, 0.29) is 22.5 Å². The Morgan fingerprint density at radius 3 is 2.78 bits per heavy atom. The van der Waals surface area contributed by atoms with Gasteiger partial charge in [-0.05, 0) is 24.5 Å². The fraction of sp³-hybridized carbons (Fsp3) is 0.545. The van der Waals surface area contributed by atoms with Crippen LogP contribution >= 0.6 is 11.6 Å². The largest absolute Gasteiger partial charge is 0.391 e. The highest BCUT2D eigenvalue weighted by Gasteiger charge is 2.32. The van der Waals surface area contributed by atoms with Crippen molar-refractivity contribution in [2.75, 3.05) is 13.1 Å². The lowest BCUT2D eigenvalue weighted by atomic mass is 9.98. The second-order valence-electron chi connectivity index (χ2n) is 4.51. The molecule has 5 nitrogen and oxygen atoms in total. The first-order valence-corrected chi connectivity index (χ1v) is 7.53. The number of piperidine rings is 1. The highest BCUT2D eigenvalue weighted by atomic mass is 35.5. The molecule has 1 N–H and O–H groups in total. The minimum atomic E-state index is -3.58. The summed E-state index contributed by atoms with van der Waals surface area (Å²) in [6.07, 6.45) is 1.28. The van der Waals surface area contributed by atoms with E-state index < -0.39 is 16.1 Å². The van der Waals surface area contributed by atoms with Crippen molar-refractivity contribution in [1.29, 1.82) is 0 Å². The van der Waals surface area contributed by atoms with Gasteiger partial charge >= 0.3 is 0 Å². The zero-order valence-corrected chi connectivity index (χ0v) is 11.5. The van der Waals surface area contributed by atoms with Crippen molar-refractivity contribution in [3.05, 3.63) is 23.5 Å². The molecule has 1 saturated heterocycles. The number of β-amino-alcohol motifs (C(OH)–C–C–N with tert-alkyl or cyclic N) is 1. The number of hydrogen-bond donors (Lipinski definition) is 1. The zero-order chi connectivity index (χ0) is 13.3. The predicted octanol–water partition coefficient (Wildman–Crippen LogP) is 1.13. The standard InChI is InChI=1S/C11H15ClN2O3S/c1-8-4-5-14(7-10(8)15)18(16,17)9-2-3-11(12)13-6-9/h2-3,6,8,10,15H,4-5,7H2,1H3. The van der Waals surface area contributed by atoms with Gasteiger partial charge in [0.25, 0.3) is 0 Å². The molecule has 2 atom stereocenters. The van der Waals surface area contributed by atoms with E-state index in [1.54, 1.807) is 0 Å². The fourth-order valence-electron chi connectivity index (χ4n) is 1.90. The van der Waals surface area contributed by atoms with E-state index >= 15 is 0 Å². The molecule has 0 bridgehead atoms. The second kappa shape index (κ2) is 5.13. The average molecular weight is 291 g/mol. The molecule has 0 aromatic carbocycles. The molecule has 1 aromatic heterocycles. The van der Waals surface area contributed by atoms with Crippen LogP contribution in [0, 0.1) is 5.92 Å². The third-order valence-corrected chi connectivity index (χ3v) is 5.29. The molecule has 18 heavy (non-hydrogen) atoms. The first-order valence-electron chi connectivity index (χ1n) is 5.71. The Kier molecular flexibility index (Phi) is 3.91. The van der Waals surface area contributed by atoms with E-state index in [0.29, 0.717) is 13.0 Å². The van der Waals surface area contributed by atoms with Crippen LogP contribution in [-0.2, 0) is 10.0 Å². The van der Waals surface area contributed by atoms with Gasteiger partial charge in [0.1, 0.15) is 10.0 Å². The molecular formula is C11H15ClN2O3S. The first kappa shape index (κ1) is 13.7. The molecule has 1 fully saturated rings. The predicted molar refractivity (Wildman–Crippen MR) is 67.8 cm³/mol. The normalized spacial score (nSPS) is 26.2. The molecule has 7 heteroatoms. The number of sulfonamides is 1. The number of hydrogen-bond acceptors (Lipinski definition) is 4. The van der Waals surface area contributed by atoms with Gasteiger partial charge in [0.15, 0.2) is 0 Å². The number of pyridine rings is 1. The van der Waals surface area contributed by atoms with Crippen LogP contribution in [0.5, 0.6) is 0 Å².